The zero-order valence-electron chi connectivity index (χ0n) is 13.6. The van der Waals surface area contributed by atoms with Crippen molar-refractivity contribution in [2.75, 3.05) is 5.32 Å². The van der Waals surface area contributed by atoms with Crippen LogP contribution < -0.4 is 16.2 Å². The Hall–Kier alpha value is -2.45. The van der Waals surface area contributed by atoms with E-state index in [0.717, 1.165) is 5.56 Å². The van der Waals surface area contributed by atoms with E-state index in [1.165, 1.54) is 21.9 Å². The fourth-order valence-electron chi connectivity index (χ4n) is 2.21. The molecule has 1 unspecified atom stereocenters. The van der Waals surface area contributed by atoms with E-state index in [0.29, 0.717) is 27.4 Å². The highest BCUT2D eigenvalue weighted by Crippen LogP contribution is 2.18. The highest BCUT2D eigenvalue weighted by molar-refractivity contribution is 7.20. The van der Waals surface area contributed by atoms with Gasteiger partial charge in [0.15, 0.2) is 0 Å². The molecule has 0 aliphatic rings. The minimum atomic E-state index is -0.528. The van der Waals surface area contributed by atoms with Gasteiger partial charge in [-0.2, -0.15) is 4.52 Å². The van der Waals surface area contributed by atoms with Crippen LogP contribution in [-0.2, 0) is 11.3 Å². The van der Waals surface area contributed by atoms with Crippen molar-refractivity contribution in [2.45, 2.75) is 26.4 Å². The predicted octanol–water partition coefficient (Wildman–Crippen LogP) is 2.23. The number of nitrogens with zero attached hydrogens (tertiary/aromatic N) is 3. The molecule has 2 heterocycles. The van der Waals surface area contributed by atoms with Gasteiger partial charge in [-0.05, 0) is 25.5 Å². The molecule has 0 fully saturated rings. The standard InChI is InChI=1S/C16H16ClN5O2S/c1-9-7-13(23)22-16(19-9)25-15(21-22)20-10(2)14(24)18-8-11-5-3-4-6-12(11)17/h3-7,10H,8H2,1-2H3,(H,18,24)(H,20,21). The highest BCUT2D eigenvalue weighted by Gasteiger charge is 2.16. The number of carbonyl (C=O) groups excluding carboxylic acids is 1. The van der Waals surface area contributed by atoms with Crippen LogP contribution in [-0.4, -0.2) is 26.5 Å². The number of aryl methyl sites for hydroxylation is 1. The van der Waals surface area contributed by atoms with Gasteiger partial charge in [-0.25, -0.2) is 4.98 Å². The van der Waals surface area contributed by atoms with Crippen molar-refractivity contribution < 1.29 is 4.79 Å². The minimum Gasteiger partial charge on any atom is -0.350 e. The molecule has 130 valence electrons. The molecular formula is C16H16ClN5O2S. The second-order valence-electron chi connectivity index (χ2n) is 5.51. The summed E-state index contributed by atoms with van der Waals surface area (Å²) in [6, 6.07) is 8.22. The van der Waals surface area contributed by atoms with Gasteiger partial charge in [0, 0.05) is 23.3 Å². The minimum absolute atomic E-state index is 0.198. The zero-order valence-corrected chi connectivity index (χ0v) is 15.2. The average Bonchev–Trinajstić information content (AvgIpc) is 2.96. The average molecular weight is 378 g/mol. The fourth-order valence-corrected chi connectivity index (χ4v) is 3.35. The van der Waals surface area contributed by atoms with Crippen LogP contribution in [0.1, 0.15) is 18.2 Å². The Kier molecular flexibility index (Phi) is 5.00. The molecule has 0 aliphatic heterocycles. The van der Waals surface area contributed by atoms with Crippen molar-refractivity contribution in [2.24, 2.45) is 0 Å². The lowest BCUT2D eigenvalue weighted by Gasteiger charge is -2.13. The zero-order chi connectivity index (χ0) is 18.0. The Morgan fingerprint density at radius 3 is 2.92 bits per heavy atom. The molecular weight excluding hydrogens is 362 g/mol. The van der Waals surface area contributed by atoms with Crippen molar-refractivity contribution in [3.05, 3.63) is 57.0 Å². The molecule has 0 saturated heterocycles. The van der Waals surface area contributed by atoms with E-state index in [-0.39, 0.29) is 11.5 Å². The summed E-state index contributed by atoms with van der Waals surface area (Å²) in [5.41, 5.74) is 1.23. The Morgan fingerprint density at radius 2 is 2.16 bits per heavy atom. The number of aromatic nitrogens is 3. The van der Waals surface area contributed by atoms with E-state index in [4.69, 9.17) is 11.6 Å². The van der Waals surface area contributed by atoms with Gasteiger partial charge in [-0.15, -0.1) is 5.10 Å². The first-order valence-corrected chi connectivity index (χ1v) is 8.78. The molecule has 2 N–H and O–H groups in total. The van der Waals surface area contributed by atoms with Gasteiger partial charge in [-0.3, -0.25) is 9.59 Å². The number of hydrogen-bond acceptors (Lipinski definition) is 6. The second kappa shape index (κ2) is 7.20. The SMILES string of the molecule is Cc1cc(=O)n2nc(NC(C)C(=O)NCc3ccccc3Cl)sc2n1. The molecule has 0 bridgehead atoms. The van der Waals surface area contributed by atoms with Gasteiger partial charge in [0.1, 0.15) is 6.04 Å². The largest absolute Gasteiger partial charge is 0.350 e. The number of amides is 1. The van der Waals surface area contributed by atoms with Crippen LogP contribution in [0.5, 0.6) is 0 Å². The molecule has 0 spiro atoms. The number of halogens is 1. The van der Waals surface area contributed by atoms with Crippen LogP contribution in [0.2, 0.25) is 5.02 Å². The lowest BCUT2D eigenvalue weighted by Crippen LogP contribution is -2.37. The number of benzene rings is 1. The first-order chi connectivity index (χ1) is 11.9. The monoisotopic (exact) mass is 377 g/mol. The quantitative estimate of drug-likeness (QED) is 0.711. The number of fused-ring (bicyclic) bond motifs is 1. The third-order valence-electron chi connectivity index (χ3n) is 3.52. The van der Waals surface area contributed by atoms with Crippen LogP contribution in [0, 0.1) is 6.92 Å². The predicted molar refractivity (Wildman–Crippen MR) is 98.3 cm³/mol. The molecule has 25 heavy (non-hydrogen) atoms. The van der Waals surface area contributed by atoms with Crippen molar-refractivity contribution in [1.29, 1.82) is 0 Å². The van der Waals surface area contributed by atoms with Crippen molar-refractivity contribution in [3.63, 3.8) is 0 Å². The van der Waals surface area contributed by atoms with Gasteiger partial charge < -0.3 is 10.6 Å². The van der Waals surface area contributed by atoms with Crippen molar-refractivity contribution >= 4 is 38.9 Å². The molecule has 2 aromatic heterocycles. The summed E-state index contributed by atoms with van der Waals surface area (Å²) in [5, 5.41) is 11.0. The molecule has 3 rings (SSSR count). The third kappa shape index (κ3) is 3.97. The van der Waals surface area contributed by atoms with Crippen LogP contribution in [0.25, 0.3) is 4.96 Å². The van der Waals surface area contributed by atoms with Crippen LogP contribution in [0.15, 0.2) is 35.1 Å². The molecule has 0 radical (unpaired) electrons. The number of carbonyl (C=O) groups is 1. The number of rotatable bonds is 5. The van der Waals surface area contributed by atoms with Crippen LogP contribution in [0.4, 0.5) is 5.13 Å². The molecule has 1 aromatic carbocycles. The summed E-state index contributed by atoms with van der Waals surface area (Å²) in [6.07, 6.45) is 0. The smallest absolute Gasteiger partial charge is 0.275 e. The van der Waals surface area contributed by atoms with E-state index in [9.17, 15) is 9.59 Å². The summed E-state index contributed by atoms with van der Waals surface area (Å²) in [7, 11) is 0. The molecule has 9 heteroatoms. The van der Waals surface area contributed by atoms with Gasteiger partial charge >= 0.3 is 0 Å². The first-order valence-electron chi connectivity index (χ1n) is 7.59. The van der Waals surface area contributed by atoms with Gasteiger partial charge in [0.05, 0.1) is 0 Å². The van der Waals surface area contributed by atoms with Crippen LogP contribution >= 0.6 is 22.9 Å². The van der Waals surface area contributed by atoms with E-state index in [2.05, 4.69) is 20.7 Å². The Labute approximate surface area is 152 Å². The fraction of sp³-hybridized carbons (Fsp3) is 0.250. The van der Waals surface area contributed by atoms with E-state index in [1.807, 2.05) is 18.2 Å². The van der Waals surface area contributed by atoms with Gasteiger partial charge in [0.2, 0.25) is 16.0 Å². The lowest BCUT2D eigenvalue weighted by molar-refractivity contribution is -0.121. The maximum Gasteiger partial charge on any atom is 0.275 e. The molecule has 0 aliphatic carbocycles. The Balaban J connectivity index is 1.66. The van der Waals surface area contributed by atoms with E-state index >= 15 is 0 Å². The molecule has 1 atom stereocenters. The topological polar surface area (TPSA) is 88.4 Å². The maximum absolute atomic E-state index is 12.2. The summed E-state index contributed by atoms with van der Waals surface area (Å²) in [5.74, 6) is -0.198. The number of anilines is 1. The summed E-state index contributed by atoms with van der Waals surface area (Å²) < 4.78 is 1.22. The maximum atomic E-state index is 12.2. The van der Waals surface area contributed by atoms with Crippen molar-refractivity contribution in [1.82, 2.24) is 19.9 Å². The lowest BCUT2D eigenvalue weighted by atomic mass is 10.2. The molecule has 0 saturated carbocycles. The Morgan fingerprint density at radius 1 is 1.40 bits per heavy atom. The summed E-state index contributed by atoms with van der Waals surface area (Å²) in [6.45, 7) is 3.80. The highest BCUT2D eigenvalue weighted by atomic mass is 35.5. The normalized spacial score (nSPS) is 12.1. The summed E-state index contributed by atoms with van der Waals surface area (Å²) in [4.78, 5) is 28.9. The third-order valence-corrected chi connectivity index (χ3v) is 4.73. The number of nitrogens with one attached hydrogen (secondary N) is 2. The Bertz CT molecular complexity index is 984. The molecule has 7 nitrogen and oxygen atoms in total. The van der Waals surface area contributed by atoms with E-state index < -0.39 is 6.04 Å². The molecule has 3 aromatic rings. The summed E-state index contributed by atoms with van der Waals surface area (Å²) >= 11 is 7.29. The van der Waals surface area contributed by atoms with E-state index in [1.54, 1.807) is 19.9 Å². The second-order valence-corrected chi connectivity index (χ2v) is 6.88. The van der Waals surface area contributed by atoms with Crippen LogP contribution in [0.3, 0.4) is 0 Å². The van der Waals surface area contributed by atoms with Gasteiger partial charge in [-0.1, -0.05) is 41.1 Å². The molecule has 1 amide bonds. The van der Waals surface area contributed by atoms with Gasteiger partial charge in [0.25, 0.3) is 5.56 Å². The first kappa shape index (κ1) is 17.4. The number of hydrogen-bond donors (Lipinski definition) is 2. The van der Waals surface area contributed by atoms with Crippen molar-refractivity contribution in [3.8, 4) is 0 Å².